The van der Waals surface area contributed by atoms with E-state index >= 15 is 0 Å². The molecule has 0 unspecified atom stereocenters. The van der Waals surface area contributed by atoms with Crippen LogP contribution in [-0.2, 0) is 4.74 Å². The molecule has 146 valence electrons. The summed E-state index contributed by atoms with van der Waals surface area (Å²) in [6, 6.07) is 5.39. The highest BCUT2D eigenvalue weighted by Gasteiger charge is 2.31. The zero-order chi connectivity index (χ0) is 18.4. The highest BCUT2D eigenvalue weighted by molar-refractivity contribution is 6.30. The number of unbranched alkanes of at least 4 members (excludes halogenated alkanes) is 1. The first kappa shape index (κ1) is 20.1. The average Bonchev–Trinajstić information content (AvgIpc) is 2.68. The second kappa shape index (κ2) is 10.1. The molecule has 26 heavy (non-hydrogen) atoms. The molecule has 0 amide bonds. The minimum absolute atomic E-state index is 0.237. The minimum Gasteiger partial charge on any atom is -0.385 e. The molecule has 0 radical (unpaired) electrons. The number of methoxy groups -OCH3 is 1. The van der Waals surface area contributed by atoms with Crippen LogP contribution in [0.5, 0.6) is 0 Å². The molecular formula is C23H34ClFO. The van der Waals surface area contributed by atoms with Gasteiger partial charge in [0.05, 0.1) is 5.02 Å². The van der Waals surface area contributed by atoms with Gasteiger partial charge in [-0.3, -0.25) is 0 Å². The molecule has 1 nitrogen and oxygen atoms in total. The largest absolute Gasteiger partial charge is 0.385 e. The Balaban J connectivity index is 1.39. The van der Waals surface area contributed by atoms with Crippen LogP contribution < -0.4 is 0 Å². The van der Waals surface area contributed by atoms with Crippen molar-refractivity contribution in [2.24, 2.45) is 17.8 Å². The molecule has 0 N–H and O–H groups in total. The maximum atomic E-state index is 13.7. The van der Waals surface area contributed by atoms with Crippen molar-refractivity contribution in [2.75, 3.05) is 13.7 Å². The topological polar surface area (TPSA) is 9.23 Å². The van der Waals surface area contributed by atoms with Crippen molar-refractivity contribution in [1.82, 2.24) is 0 Å². The summed E-state index contributed by atoms with van der Waals surface area (Å²) in [5.41, 5.74) is 1.14. The summed E-state index contributed by atoms with van der Waals surface area (Å²) in [6.07, 6.45) is 14.7. The van der Waals surface area contributed by atoms with E-state index in [0.717, 1.165) is 29.9 Å². The van der Waals surface area contributed by atoms with Crippen LogP contribution in [0.25, 0.3) is 0 Å². The molecular weight excluding hydrogens is 347 g/mol. The lowest BCUT2D eigenvalue weighted by Gasteiger charge is -2.38. The Morgan fingerprint density at radius 3 is 2.23 bits per heavy atom. The van der Waals surface area contributed by atoms with Gasteiger partial charge in [0.15, 0.2) is 0 Å². The van der Waals surface area contributed by atoms with Gasteiger partial charge in [-0.15, -0.1) is 0 Å². The van der Waals surface area contributed by atoms with Crippen LogP contribution in [0.1, 0.15) is 82.1 Å². The summed E-state index contributed by atoms with van der Waals surface area (Å²) >= 11 is 5.82. The Kier molecular flexibility index (Phi) is 7.81. The van der Waals surface area contributed by atoms with E-state index in [4.69, 9.17) is 16.3 Å². The fourth-order valence-electron chi connectivity index (χ4n) is 5.32. The summed E-state index contributed by atoms with van der Waals surface area (Å²) in [5.74, 6) is 3.05. The molecule has 0 saturated heterocycles. The fourth-order valence-corrected chi connectivity index (χ4v) is 5.44. The lowest BCUT2D eigenvalue weighted by molar-refractivity contribution is 0.151. The van der Waals surface area contributed by atoms with E-state index < -0.39 is 0 Å². The molecule has 2 fully saturated rings. The Morgan fingerprint density at radius 2 is 1.62 bits per heavy atom. The summed E-state index contributed by atoms with van der Waals surface area (Å²) in [5, 5.41) is 0.237. The first-order chi connectivity index (χ1) is 12.7. The van der Waals surface area contributed by atoms with Crippen LogP contribution in [-0.4, -0.2) is 13.7 Å². The average molecular weight is 381 g/mol. The van der Waals surface area contributed by atoms with E-state index in [1.807, 2.05) is 6.07 Å². The molecule has 3 rings (SSSR count). The van der Waals surface area contributed by atoms with E-state index in [2.05, 4.69) is 0 Å². The molecule has 1 aromatic carbocycles. The number of hydrogen-bond donors (Lipinski definition) is 0. The molecule has 1 aromatic rings. The SMILES string of the molecule is COCCCCC1CCC(C2CCC(c3ccc(Cl)c(F)c3)CC2)CC1. The van der Waals surface area contributed by atoms with E-state index in [-0.39, 0.29) is 10.8 Å². The minimum atomic E-state index is -0.268. The molecule has 2 aliphatic rings. The predicted octanol–water partition coefficient (Wildman–Crippen LogP) is 7.38. The monoisotopic (exact) mass is 380 g/mol. The molecule has 3 heteroatoms. The molecule has 0 atom stereocenters. The molecule has 2 aliphatic carbocycles. The highest BCUT2D eigenvalue weighted by atomic mass is 35.5. The van der Waals surface area contributed by atoms with Gasteiger partial charge in [0.2, 0.25) is 0 Å². The van der Waals surface area contributed by atoms with Gasteiger partial charge < -0.3 is 4.74 Å². The zero-order valence-electron chi connectivity index (χ0n) is 16.2. The van der Waals surface area contributed by atoms with Crippen LogP contribution in [0, 0.1) is 23.6 Å². The van der Waals surface area contributed by atoms with Gasteiger partial charge in [-0.25, -0.2) is 4.39 Å². The van der Waals surface area contributed by atoms with Crippen LogP contribution in [0.15, 0.2) is 18.2 Å². The second-order valence-electron chi connectivity index (χ2n) is 8.55. The summed E-state index contributed by atoms with van der Waals surface area (Å²) in [4.78, 5) is 0. The van der Waals surface area contributed by atoms with Crippen molar-refractivity contribution in [2.45, 2.75) is 76.5 Å². The van der Waals surface area contributed by atoms with Crippen molar-refractivity contribution >= 4 is 11.6 Å². The fraction of sp³-hybridized carbons (Fsp3) is 0.739. The van der Waals surface area contributed by atoms with Crippen LogP contribution in [0.4, 0.5) is 4.39 Å². The number of ether oxygens (including phenoxy) is 1. The van der Waals surface area contributed by atoms with Gasteiger partial charge in [0.25, 0.3) is 0 Å². The van der Waals surface area contributed by atoms with E-state index in [0.29, 0.717) is 5.92 Å². The Bertz CT molecular complexity index is 545. The van der Waals surface area contributed by atoms with Crippen molar-refractivity contribution < 1.29 is 9.13 Å². The first-order valence-corrected chi connectivity index (χ1v) is 11.0. The third-order valence-corrected chi connectivity index (χ3v) is 7.26. The van der Waals surface area contributed by atoms with Gasteiger partial charge >= 0.3 is 0 Å². The van der Waals surface area contributed by atoms with Crippen molar-refractivity contribution in [1.29, 1.82) is 0 Å². The maximum Gasteiger partial charge on any atom is 0.142 e. The molecule has 0 aliphatic heterocycles. The van der Waals surface area contributed by atoms with Crippen LogP contribution >= 0.6 is 11.6 Å². The van der Waals surface area contributed by atoms with Crippen molar-refractivity contribution in [3.63, 3.8) is 0 Å². The van der Waals surface area contributed by atoms with Gasteiger partial charge in [0, 0.05) is 13.7 Å². The number of benzene rings is 1. The second-order valence-corrected chi connectivity index (χ2v) is 8.96. The van der Waals surface area contributed by atoms with Crippen LogP contribution in [0.3, 0.4) is 0 Å². The molecule has 2 saturated carbocycles. The van der Waals surface area contributed by atoms with E-state index in [1.165, 1.54) is 70.6 Å². The van der Waals surface area contributed by atoms with E-state index in [9.17, 15) is 4.39 Å². The molecule has 0 heterocycles. The van der Waals surface area contributed by atoms with Gasteiger partial charge in [-0.2, -0.15) is 0 Å². The highest BCUT2D eigenvalue weighted by Crippen LogP contribution is 2.44. The Labute approximate surface area is 163 Å². The molecule has 0 spiro atoms. The molecule has 0 bridgehead atoms. The number of rotatable bonds is 7. The smallest absolute Gasteiger partial charge is 0.142 e. The van der Waals surface area contributed by atoms with E-state index in [1.54, 1.807) is 19.2 Å². The maximum absolute atomic E-state index is 13.7. The van der Waals surface area contributed by atoms with Gasteiger partial charge in [-0.05, 0) is 86.3 Å². The first-order valence-electron chi connectivity index (χ1n) is 10.6. The number of hydrogen-bond acceptors (Lipinski definition) is 1. The zero-order valence-corrected chi connectivity index (χ0v) is 16.9. The van der Waals surface area contributed by atoms with Crippen molar-refractivity contribution in [3.05, 3.63) is 34.6 Å². The Morgan fingerprint density at radius 1 is 0.962 bits per heavy atom. The summed E-state index contributed by atoms with van der Waals surface area (Å²) in [6.45, 7) is 0.913. The quantitative estimate of drug-likeness (QED) is 0.448. The third-order valence-electron chi connectivity index (χ3n) is 6.96. The third kappa shape index (κ3) is 5.45. The lowest BCUT2D eigenvalue weighted by Crippen LogP contribution is -2.25. The summed E-state index contributed by atoms with van der Waals surface area (Å²) in [7, 11) is 1.80. The summed E-state index contributed by atoms with van der Waals surface area (Å²) < 4.78 is 18.9. The normalized spacial score (nSPS) is 29.7. The van der Waals surface area contributed by atoms with Crippen LogP contribution in [0.2, 0.25) is 5.02 Å². The standard InChI is InChI=1S/C23H34ClFO/c1-26-15-3-2-4-17-5-7-18(8-6-17)19-9-11-20(12-10-19)21-13-14-22(24)23(25)16-21/h13-14,16-20H,2-12,15H2,1H3. The molecule has 0 aromatic heterocycles. The predicted molar refractivity (Wildman–Crippen MR) is 107 cm³/mol. The Hall–Kier alpha value is -0.600. The van der Waals surface area contributed by atoms with Gasteiger partial charge in [-0.1, -0.05) is 43.4 Å². The number of halogens is 2. The van der Waals surface area contributed by atoms with Gasteiger partial charge in [0.1, 0.15) is 5.82 Å². The van der Waals surface area contributed by atoms with Crippen molar-refractivity contribution in [3.8, 4) is 0 Å². The lowest BCUT2D eigenvalue weighted by atomic mass is 9.68.